The van der Waals surface area contributed by atoms with Crippen LogP contribution in [0, 0.1) is 18.3 Å². The summed E-state index contributed by atoms with van der Waals surface area (Å²) >= 11 is 0. The summed E-state index contributed by atoms with van der Waals surface area (Å²) in [4.78, 5) is 15.9. The van der Waals surface area contributed by atoms with Crippen LogP contribution < -0.4 is 4.90 Å². The van der Waals surface area contributed by atoms with Crippen LogP contribution >= 0.6 is 0 Å². The molecule has 0 unspecified atom stereocenters. The Labute approximate surface area is 153 Å². The molecule has 0 saturated carbocycles. The van der Waals surface area contributed by atoms with Crippen LogP contribution in [0.4, 0.5) is 5.95 Å². The summed E-state index contributed by atoms with van der Waals surface area (Å²) in [5, 5.41) is 9.76. The zero-order valence-corrected chi connectivity index (χ0v) is 15.4. The second kappa shape index (κ2) is 7.96. The minimum Gasteiger partial charge on any atom is -0.439 e. The highest BCUT2D eigenvalue weighted by atomic mass is 16.3. The molecule has 0 amide bonds. The molecule has 0 aliphatic rings. The molecule has 2 heterocycles. The third kappa shape index (κ3) is 3.67. The first-order chi connectivity index (χ1) is 12.7. The number of hydrogen-bond acceptors (Lipinski definition) is 6. The standard InChI is InChI=1S/C20H23N5O/c1-4-10-25(11-5-2)20-22-14(3)12-17(24-20)15(13-21)19-23-16-8-6-7-9-18(16)26-19/h6-9,12,15H,4-5,10-11H2,1-3H3/t15-/m0/s1. The molecule has 26 heavy (non-hydrogen) atoms. The zero-order valence-electron chi connectivity index (χ0n) is 15.4. The molecule has 0 radical (unpaired) electrons. The molecular weight excluding hydrogens is 326 g/mol. The van der Waals surface area contributed by atoms with Crippen molar-refractivity contribution in [2.75, 3.05) is 18.0 Å². The molecule has 6 heteroatoms. The summed E-state index contributed by atoms with van der Waals surface area (Å²) < 4.78 is 5.80. The number of rotatable bonds is 7. The summed E-state index contributed by atoms with van der Waals surface area (Å²) in [6, 6.07) is 11.6. The van der Waals surface area contributed by atoms with E-state index in [1.165, 1.54) is 0 Å². The van der Waals surface area contributed by atoms with Gasteiger partial charge in [-0.2, -0.15) is 5.26 Å². The summed E-state index contributed by atoms with van der Waals surface area (Å²) in [7, 11) is 0. The Hall–Kier alpha value is -2.94. The maximum atomic E-state index is 9.76. The van der Waals surface area contributed by atoms with Gasteiger partial charge in [-0.3, -0.25) is 0 Å². The Kier molecular flexibility index (Phi) is 5.47. The van der Waals surface area contributed by atoms with Crippen molar-refractivity contribution in [1.82, 2.24) is 15.0 Å². The SMILES string of the molecule is CCCN(CCC)c1nc(C)cc([C@H](C#N)c2nc3ccccc3o2)n1. The van der Waals surface area contributed by atoms with E-state index in [1.807, 2.05) is 37.3 Å². The normalized spacial score (nSPS) is 12.1. The number of fused-ring (bicyclic) bond motifs is 1. The lowest BCUT2D eigenvalue weighted by Gasteiger charge is -2.22. The van der Waals surface area contributed by atoms with Crippen molar-refractivity contribution >= 4 is 17.0 Å². The van der Waals surface area contributed by atoms with E-state index < -0.39 is 5.92 Å². The molecule has 0 saturated heterocycles. The second-order valence-corrected chi connectivity index (χ2v) is 6.30. The number of benzene rings is 1. The van der Waals surface area contributed by atoms with E-state index >= 15 is 0 Å². The fourth-order valence-electron chi connectivity index (χ4n) is 2.98. The van der Waals surface area contributed by atoms with Crippen molar-refractivity contribution in [2.45, 2.75) is 39.5 Å². The fraction of sp³-hybridized carbons (Fsp3) is 0.400. The number of nitrogens with zero attached hydrogens (tertiary/aromatic N) is 5. The van der Waals surface area contributed by atoms with Crippen molar-refractivity contribution in [1.29, 1.82) is 5.26 Å². The molecule has 0 fully saturated rings. The van der Waals surface area contributed by atoms with Crippen LogP contribution in [0.15, 0.2) is 34.7 Å². The van der Waals surface area contributed by atoms with Crippen LogP contribution in [0.25, 0.3) is 11.1 Å². The molecule has 3 rings (SSSR count). The van der Waals surface area contributed by atoms with E-state index in [2.05, 4.69) is 39.8 Å². The van der Waals surface area contributed by atoms with Gasteiger partial charge in [-0.1, -0.05) is 26.0 Å². The number of para-hydroxylation sites is 2. The summed E-state index contributed by atoms with van der Waals surface area (Å²) in [6.07, 6.45) is 2.03. The van der Waals surface area contributed by atoms with Gasteiger partial charge in [0.25, 0.3) is 0 Å². The van der Waals surface area contributed by atoms with E-state index in [-0.39, 0.29) is 0 Å². The van der Waals surface area contributed by atoms with Crippen LogP contribution in [0.2, 0.25) is 0 Å². The van der Waals surface area contributed by atoms with E-state index in [9.17, 15) is 5.26 Å². The topological polar surface area (TPSA) is 78.8 Å². The average molecular weight is 349 g/mol. The smallest absolute Gasteiger partial charge is 0.225 e. The van der Waals surface area contributed by atoms with Gasteiger partial charge in [0, 0.05) is 18.8 Å². The third-order valence-corrected chi connectivity index (χ3v) is 4.11. The summed E-state index contributed by atoms with van der Waals surface area (Å²) in [5.41, 5.74) is 2.87. The van der Waals surface area contributed by atoms with E-state index in [4.69, 9.17) is 4.42 Å². The number of anilines is 1. The van der Waals surface area contributed by atoms with Gasteiger partial charge in [0.15, 0.2) is 11.5 Å². The van der Waals surface area contributed by atoms with E-state index in [1.54, 1.807) is 0 Å². The predicted octanol–water partition coefficient (Wildman–Crippen LogP) is 4.21. The van der Waals surface area contributed by atoms with Gasteiger partial charge in [0.1, 0.15) is 5.52 Å². The van der Waals surface area contributed by atoms with Gasteiger partial charge in [0.05, 0.1) is 11.8 Å². The molecule has 6 nitrogen and oxygen atoms in total. The molecule has 0 spiro atoms. The number of oxazole rings is 1. The maximum absolute atomic E-state index is 9.76. The Morgan fingerprint density at radius 3 is 2.50 bits per heavy atom. The molecular formula is C20H23N5O. The van der Waals surface area contributed by atoms with Crippen LogP contribution in [-0.4, -0.2) is 28.0 Å². The predicted molar refractivity (Wildman–Crippen MR) is 101 cm³/mol. The van der Waals surface area contributed by atoms with Crippen LogP contribution in [0.3, 0.4) is 0 Å². The van der Waals surface area contributed by atoms with Gasteiger partial charge in [-0.15, -0.1) is 0 Å². The molecule has 1 aromatic carbocycles. The van der Waals surface area contributed by atoms with E-state index in [0.29, 0.717) is 23.1 Å². The minimum absolute atomic E-state index is 0.371. The Balaban J connectivity index is 2.01. The molecule has 1 atom stereocenters. The van der Waals surface area contributed by atoms with Crippen LogP contribution in [0.1, 0.15) is 49.9 Å². The van der Waals surface area contributed by atoms with Crippen molar-refractivity contribution in [2.24, 2.45) is 0 Å². The lowest BCUT2D eigenvalue weighted by Crippen LogP contribution is -2.27. The molecule has 0 aliphatic heterocycles. The number of nitriles is 1. The summed E-state index contributed by atoms with van der Waals surface area (Å²) in [6.45, 7) is 7.96. The Morgan fingerprint density at radius 2 is 1.85 bits per heavy atom. The first kappa shape index (κ1) is 17.9. The largest absolute Gasteiger partial charge is 0.439 e. The van der Waals surface area contributed by atoms with Gasteiger partial charge in [-0.25, -0.2) is 15.0 Å². The van der Waals surface area contributed by atoms with Crippen LogP contribution in [0.5, 0.6) is 0 Å². The third-order valence-electron chi connectivity index (χ3n) is 4.11. The quantitative estimate of drug-likeness (QED) is 0.636. The Morgan fingerprint density at radius 1 is 1.12 bits per heavy atom. The van der Waals surface area contributed by atoms with E-state index in [0.717, 1.165) is 37.1 Å². The summed E-state index contributed by atoms with van der Waals surface area (Å²) in [5.74, 6) is 0.378. The van der Waals surface area contributed by atoms with Crippen molar-refractivity contribution in [3.8, 4) is 6.07 Å². The molecule has 3 aromatic rings. The first-order valence-electron chi connectivity index (χ1n) is 9.01. The minimum atomic E-state index is -0.659. The van der Waals surface area contributed by atoms with Gasteiger partial charge in [-0.05, 0) is 38.0 Å². The maximum Gasteiger partial charge on any atom is 0.225 e. The number of aromatic nitrogens is 3. The lowest BCUT2D eigenvalue weighted by atomic mass is 10.1. The van der Waals surface area contributed by atoms with Gasteiger partial charge >= 0.3 is 0 Å². The highest BCUT2D eigenvalue weighted by Crippen LogP contribution is 2.27. The monoisotopic (exact) mass is 349 g/mol. The second-order valence-electron chi connectivity index (χ2n) is 6.30. The molecule has 2 aromatic heterocycles. The van der Waals surface area contributed by atoms with Gasteiger partial charge in [0.2, 0.25) is 11.8 Å². The van der Waals surface area contributed by atoms with Gasteiger partial charge < -0.3 is 9.32 Å². The average Bonchev–Trinajstić information content (AvgIpc) is 3.05. The van der Waals surface area contributed by atoms with Crippen molar-refractivity contribution in [3.63, 3.8) is 0 Å². The van der Waals surface area contributed by atoms with Crippen molar-refractivity contribution < 1.29 is 4.42 Å². The molecule has 0 bridgehead atoms. The lowest BCUT2D eigenvalue weighted by molar-refractivity contribution is 0.525. The Bertz CT molecular complexity index is 888. The van der Waals surface area contributed by atoms with Crippen LogP contribution in [-0.2, 0) is 0 Å². The van der Waals surface area contributed by atoms with Crippen molar-refractivity contribution in [3.05, 3.63) is 47.6 Å². The fourth-order valence-corrected chi connectivity index (χ4v) is 2.98. The number of aryl methyl sites for hydroxylation is 1. The highest BCUT2D eigenvalue weighted by Gasteiger charge is 2.23. The molecule has 134 valence electrons. The number of hydrogen-bond donors (Lipinski definition) is 0. The zero-order chi connectivity index (χ0) is 18.5. The highest BCUT2D eigenvalue weighted by molar-refractivity contribution is 5.72. The first-order valence-corrected chi connectivity index (χ1v) is 9.01. The molecule has 0 N–H and O–H groups in total. The molecule has 0 aliphatic carbocycles.